The summed E-state index contributed by atoms with van der Waals surface area (Å²) in [7, 11) is 0. The van der Waals surface area contributed by atoms with Crippen LogP contribution in [-0.4, -0.2) is 34.0 Å². The SMILES string of the molecule is Cc1cc(C)c(C(O)C2C=CC3C(=O)NC(=O)C3N2Nc2ccc(Cl)cc2Cl)c(C)c1. The second kappa shape index (κ2) is 8.28. The largest absolute Gasteiger partial charge is 0.386 e. The third-order valence-corrected chi connectivity index (χ3v) is 6.38. The second-order valence-corrected chi connectivity index (χ2v) is 8.94. The van der Waals surface area contributed by atoms with Gasteiger partial charge in [-0.25, -0.2) is 5.01 Å². The fraction of sp³-hybridized carbons (Fsp3) is 0.304. The number of benzene rings is 2. The molecule has 8 heteroatoms. The van der Waals surface area contributed by atoms with Crippen LogP contribution >= 0.6 is 23.2 Å². The highest BCUT2D eigenvalue weighted by Crippen LogP contribution is 2.37. The molecule has 162 valence electrons. The predicted octanol–water partition coefficient (Wildman–Crippen LogP) is 3.86. The Morgan fingerprint density at radius 1 is 1.03 bits per heavy atom. The van der Waals surface area contributed by atoms with Crippen molar-refractivity contribution < 1.29 is 14.7 Å². The van der Waals surface area contributed by atoms with Crippen molar-refractivity contribution in [3.05, 3.63) is 74.8 Å². The highest BCUT2D eigenvalue weighted by Gasteiger charge is 2.49. The molecule has 0 spiro atoms. The molecule has 4 atom stereocenters. The second-order valence-electron chi connectivity index (χ2n) is 8.10. The molecule has 4 rings (SSSR count). The number of carbonyl (C=O) groups excluding carboxylic acids is 2. The highest BCUT2D eigenvalue weighted by molar-refractivity contribution is 6.36. The summed E-state index contributed by atoms with van der Waals surface area (Å²) in [5.41, 5.74) is 7.49. The van der Waals surface area contributed by atoms with E-state index in [4.69, 9.17) is 23.2 Å². The molecule has 4 unspecified atom stereocenters. The van der Waals surface area contributed by atoms with E-state index in [1.165, 1.54) is 0 Å². The van der Waals surface area contributed by atoms with Crippen LogP contribution in [0.5, 0.6) is 0 Å². The number of aliphatic hydroxyl groups is 1. The van der Waals surface area contributed by atoms with Crippen molar-refractivity contribution in [2.24, 2.45) is 5.92 Å². The smallest absolute Gasteiger partial charge is 0.246 e. The lowest BCUT2D eigenvalue weighted by atomic mass is 9.87. The van der Waals surface area contributed by atoms with Crippen molar-refractivity contribution in [3.63, 3.8) is 0 Å². The van der Waals surface area contributed by atoms with Gasteiger partial charge in [0.25, 0.3) is 0 Å². The molecule has 31 heavy (non-hydrogen) atoms. The number of fused-ring (bicyclic) bond motifs is 1. The molecule has 6 nitrogen and oxygen atoms in total. The molecule has 2 aromatic rings. The van der Waals surface area contributed by atoms with Crippen LogP contribution in [0.2, 0.25) is 10.0 Å². The zero-order chi connectivity index (χ0) is 22.4. The van der Waals surface area contributed by atoms with Crippen LogP contribution in [0, 0.1) is 26.7 Å². The third-order valence-electron chi connectivity index (χ3n) is 5.83. The van der Waals surface area contributed by atoms with Crippen LogP contribution < -0.4 is 10.7 Å². The number of hydrogen-bond donors (Lipinski definition) is 3. The van der Waals surface area contributed by atoms with Gasteiger partial charge in [0.15, 0.2) is 0 Å². The van der Waals surface area contributed by atoms with Crippen molar-refractivity contribution in [1.82, 2.24) is 10.3 Å². The van der Waals surface area contributed by atoms with E-state index >= 15 is 0 Å². The van der Waals surface area contributed by atoms with E-state index in [-0.39, 0.29) is 5.91 Å². The van der Waals surface area contributed by atoms with E-state index in [0.29, 0.717) is 15.7 Å². The molecule has 1 saturated heterocycles. The Morgan fingerprint density at radius 3 is 2.35 bits per heavy atom. The molecule has 2 aliphatic heterocycles. The van der Waals surface area contributed by atoms with Gasteiger partial charge in [0.1, 0.15) is 12.1 Å². The maximum atomic E-state index is 12.7. The summed E-state index contributed by atoms with van der Waals surface area (Å²) in [6.07, 6.45) is 2.51. The van der Waals surface area contributed by atoms with E-state index in [0.717, 1.165) is 22.3 Å². The number of aryl methyl sites for hydroxylation is 3. The zero-order valence-corrected chi connectivity index (χ0v) is 18.8. The van der Waals surface area contributed by atoms with E-state index < -0.39 is 30.0 Å². The zero-order valence-electron chi connectivity index (χ0n) is 17.3. The summed E-state index contributed by atoms with van der Waals surface area (Å²) in [4.78, 5) is 24.9. The molecule has 0 bridgehead atoms. The van der Waals surface area contributed by atoms with Crippen molar-refractivity contribution in [3.8, 4) is 0 Å². The van der Waals surface area contributed by atoms with E-state index in [2.05, 4.69) is 10.7 Å². The summed E-state index contributed by atoms with van der Waals surface area (Å²) in [6.45, 7) is 5.91. The minimum absolute atomic E-state index is 0.360. The van der Waals surface area contributed by atoms with Gasteiger partial charge in [-0.05, 0) is 55.7 Å². The van der Waals surface area contributed by atoms with Gasteiger partial charge in [-0.3, -0.25) is 14.9 Å². The minimum Gasteiger partial charge on any atom is -0.386 e. The van der Waals surface area contributed by atoms with Crippen LogP contribution in [0.4, 0.5) is 5.69 Å². The number of anilines is 1. The van der Waals surface area contributed by atoms with Crippen molar-refractivity contribution in [2.45, 2.75) is 39.0 Å². The van der Waals surface area contributed by atoms with Crippen molar-refractivity contribution >= 4 is 40.7 Å². The number of carbonyl (C=O) groups is 2. The number of imide groups is 1. The first-order valence-corrected chi connectivity index (χ1v) is 10.7. The Hall–Kier alpha value is -2.38. The first kappa shape index (κ1) is 21.8. The minimum atomic E-state index is -0.945. The van der Waals surface area contributed by atoms with Gasteiger partial charge in [0, 0.05) is 5.02 Å². The topological polar surface area (TPSA) is 81.7 Å². The number of hydrogen-bond acceptors (Lipinski definition) is 5. The van der Waals surface area contributed by atoms with Crippen LogP contribution in [-0.2, 0) is 9.59 Å². The lowest BCUT2D eigenvalue weighted by Crippen LogP contribution is -2.55. The van der Waals surface area contributed by atoms with Crippen LogP contribution in [0.25, 0.3) is 0 Å². The summed E-state index contributed by atoms with van der Waals surface area (Å²) >= 11 is 12.4. The standard InChI is InChI=1S/C23H23Cl2N3O3/c1-11-8-12(2)19(13(3)9-11)21(29)18-7-5-15-20(23(31)26-22(15)30)28(18)27-17-6-4-14(24)10-16(17)25/h4-10,15,18,20-21,27,29H,1-3H3,(H,26,30,31). The first-order valence-electron chi connectivity index (χ1n) is 9.96. The monoisotopic (exact) mass is 459 g/mol. The average Bonchev–Trinajstić information content (AvgIpc) is 2.97. The fourth-order valence-corrected chi connectivity index (χ4v) is 4.99. The number of nitrogens with zero attached hydrogens (tertiary/aromatic N) is 1. The Labute approximate surface area is 190 Å². The summed E-state index contributed by atoms with van der Waals surface area (Å²) in [5, 5.41) is 16.3. The Bertz CT molecular complexity index is 1080. The van der Waals surface area contributed by atoms with Gasteiger partial charge < -0.3 is 10.5 Å². The number of hydrazine groups is 1. The molecule has 3 N–H and O–H groups in total. The number of amides is 2. The average molecular weight is 460 g/mol. The quantitative estimate of drug-likeness (QED) is 0.477. The van der Waals surface area contributed by atoms with E-state index in [1.54, 1.807) is 35.4 Å². The van der Waals surface area contributed by atoms with Crippen LogP contribution in [0.15, 0.2) is 42.5 Å². The van der Waals surface area contributed by atoms with Gasteiger partial charge in [-0.2, -0.15) is 0 Å². The lowest BCUT2D eigenvalue weighted by molar-refractivity contribution is -0.126. The molecule has 1 fully saturated rings. The van der Waals surface area contributed by atoms with E-state index in [9.17, 15) is 14.7 Å². The van der Waals surface area contributed by atoms with E-state index in [1.807, 2.05) is 32.9 Å². The summed E-state index contributed by atoms with van der Waals surface area (Å²) < 4.78 is 0. The Kier molecular flexibility index (Phi) is 5.83. The van der Waals surface area contributed by atoms with Gasteiger partial charge in [0.05, 0.1) is 22.7 Å². The molecule has 0 saturated carbocycles. The Balaban J connectivity index is 1.77. The molecular formula is C23H23Cl2N3O3. The van der Waals surface area contributed by atoms with Gasteiger partial charge >= 0.3 is 0 Å². The molecule has 0 aliphatic carbocycles. The molecule has 2 aliphatic rings. The maximum Gasteiger partial charge on any atom is 0.246 e. The van der Waals surface area contributed by atoms with Crippen LogP contribution in [0.3, 0.4) is 0 Å². The first-order chi connectivity index (χ1) is 14.7. The number of halogens is 2. The predicted molar refractivity (Wildman–Crippen MR) is 121 cm³/mol. The lowest BCUT2D eigenvalue weighted by Gasteiger charge is -2.41. The Morgan fingerprint density at radius 2 is 1.71 bits per heavy atom. The number of rotatable bonds is 4. The number of nitrogens with one attached hydrogen (secondary N) is 2. The molecule has 2 heterocycles. The fourth-order valence-electron chi connectivity index (χ4n) is 4.54. The molecule has 0 radical (unpaired) electrons. The summed E-state index contributed by atoms with van der Waals surface area (Å²) in [5.74, 6) is -1.45. The maximum absolute atomic E-state index is 12.7. The molecule has 0 aromatic heterocycles. The third kappa shape index (κ3) is 3.96. The van der Waals surface area contributed by atoms with Gasteiger partial charge in [-0.15, -0.1) is 0 Å². The summed E-state index contributed by atoms with van der Waals surface area (Å²) in [6, 6.07) is 7.54. The highest BCUT2D eigenvalue weighted by atomic mass is 35.5. The van der Waals surface area contributed by atoms with Gasteiger partial charge in [0.2, 0.25) is 11.8 Å². The van der Waals surface area contributed by atoms with Crippen molar-refractivity contribution in [2.75, 3.05) is 5.43 Å². The van der Waals surface area contributed by atoms with Crippen molar-refractivity contribution in [1.29, 1.82) is 0 Å². The normalized spacial score (nSPS) is 24.1. The molecular weight excluding hydrogens is 437 g/mol. The van der Waals surface area contributed by atoms with Crippen LogP contribution in [0.1, 0.15) is 28.4 Å². The molecule has 2 amide bonds. The van der Waals surface area contributed by atoms with Gasteiger partial charge in [-0.1, -0.05) is 53.1 Å². The molecule has 2 aromatic carbocycles. The number of aliphatic hydroxyl groups excluding tert-OH is 1.